The SMILES string of the molecule is CN1CCCCC1.Nc1nnc(-c2ccc(C(F)(F)F)c3n[nH]nc23)cc1C(F)(F)F. The molecule has 0 spiro atoms. The number of nitrogens with one attached hydrogen (secondary N) is 1. The molecule has 0 atom stereocenters. The van der Waals surface area contributed by atoms with Gasteiger partial charge < -0.3 is 10.6 Å². The van der Waals surface area contributed by atoms with Crippen molar-refractivity contribution < 1.29 is 26.3 Å². The molecule has 0 saturated carbocycles. The quantitative estimate of drug-likeness (QED) is 0.545. The average molecular weight is 447 g/mol. The first-order valence-corrected chi connectivity index (χ1v) is 9.28. The van der Waals surface area contributed by atoms with E-state index in [9.17, 15) is 26.3 Å². The van der Waals surface area contributed by atoms with Crippen LogP contribution in [0.5, 0.6) is 0 Å². The summed E-state index contributed by atoms with van der Waals surface area (Å²) >= 11 is 0. The first kappa shape index (κ1) is 22.7. The zero-order valence-electron chi connectivity index (χ0n) is 16.3. The van der Waals surface area contributed by atoms with Crippen LogP contribution in [0.1, 0.15) is 30.4 Å². The third-order valence-corrected chi connectivity index (χ3v) is 4.76. The highest BCUT2D eigenvalue weighted by atomic mass is 19.4. The van der Waals surface area contributed by atoms with E-state index in [-0.39, 0.29) is 16.8 Å². The zero-order valence-corrected chi connectivity index (χ0v) is 16.3. The second-order valence-corrected chi connectivity index (χ2v) is 7.07. The lowest BCUT2D eigenvalue weighted by Gasteiger charge is -2.20. The lowest BCUT2D eigenvalue weighted by Crippen LogP contribution is -2.24. The monoisotopic (exact) mass is 447 g/mol. The Kier molecular flexibility index (Phi) is 6.34. The van der Waals surface area contributed by atoms with Crippen molar-refractivity contribution in [3.8, 4) is 11.3 Å². The third kappa shape index (κ3) is 5.21. The van der Waals surface area contributed by atoms with Gasteiger partial charge in [-0.1, -0.05) is 6.42 Å². The van der Waals surface area contributed by atoms with E-state index in [0.717, 1.165) is 6.07 Å². The number of aromatic amines is 1. The van der Waals surface area contributed by atoms with Crippen LogP contribution in [0.2, 0.25) is 0 Å². The Morgan fingerprint density at radius 2 is 1.48 bits per heavy atom. The Hall–Kier alpha value is -2.96. The fourth-order valence-corrected chi connectivity index (χ4v) is 3.18. The minimum atomic E-state index is -4.79. The van der Waals surface area contributed by atoms with E-state index in [1.54, 1.807) is 0 Å². The van der Waals surface area contributed by atoms with E-state index < -0.39 is 34.8 Å². The van der Waals surface area contributed by atoms with E-state index in [4.69, 9.17) is 5.73 Å². The molecule has 3 N–H and O–H groups in total. The number of rotatable bonds is 1. The number of aromatic nitrogens is 5. The van der Waals surface area contributed by atoms with Crippen LogP contribution in [-0.4, -0.2) is 50.6 Å². The van der Waals surface area contributed by atoms with Gasteiger partial charge in [0.2, 0.25) is 0 Å². The molecule has 0 aliphatic carbocycles. The molecule has 4 rings (SSSR count). The molecule has 7 nitrogen and oxygen atoms in total. The number of fused-ring (bicyclic) bond motifs is 1. The van der Waals surface area contributed by atoms with Crippen LogP contribution in [0.3, 0.4) is 0 Å². The summed E-state index contributed by atoms with van der Waals surface area (Å²) in [6.45, 7) is 2.64. The number of piperidine rings is 1. The molecule has 1 fully saturated rings. The molecule has 0 unspecified atom stereocenters. The second kappa shape index (κ2) is 8.65. The number of alkyl halides is 6. The van der Waals surface area contributed by atoms with Gasteiger partial charge in [-0.25, -0.2) is 0 Å². The fraction of sp³-hybridized carbons (Fsp3) is 0.444. The van der Waals surface area contributed by atoms with Crippen molar-refractivity contribution in [3.63, 3.8) is 0 Å². The Morgan fingerprint density at radius 1 is 0.871 bits per heavy atom. The fourth-order valence-electron chi connectivity index (χ4n) is 3.18. The molecule has 168 valence electrons. The van der Waals surface area contributed by atoms with Gasteiger partial charge in [0, 0.05) is 5.56 Å². The van der Waals surface area contributed by atoms with Crippen LogP contribution >= 0.6 is 0 Å². The summed E-state index contributed by atoms with van der Waals surface area (Å²) in [5.74, 6) is -0.838. The third-order valence-electron chi connectivity index (χ3n) is 4.76. The number of likely N-dealkylation sites (tertiary alicyclic amines) is 1. The molecule has 0 amide bonds. The van der Waals surface area contributed by atoms with Gasteiger partial charge in [-0.05, 0) is 51.2 Å². The molecule has 0 bridgehead atoms. The normalized spacial score (nSPS) is 15.6. The minimum Gasteiger partial charge on any atom is -0.382 e. The van der Waals surface area contributed by atoms with Gasteiger partial charge >= 0.3 is 12.4 Å². The van der Waals surface area contributed by atoms with Crippen molar-refractivity contribution in [2.24, 2.45) is 0 Å². The average Bonchev–Trinajstić information content (AvgIpc) is 3.17. The maximum atomic E-state index is 12.9. The molecule has 13 heteroatoms. The summed E-state index contributed by atoms with van der Waals surface area (Å²) in [7, 11) is 2.19. The van der Waals surface area contributed by atoms with E-state index in [1.165, 1.54) is 32.4 Å². The summed E-state index contributed by atoms with van der Waals surface area (Å²) in [4.78, 5) is 2.39. The van der Waals surface area contributed by atoms with Gasteiger partial charge in [0.05, 0.1) is 11.3 Å². The highest BCUT2D eigenvalue weighted by Crippen LogP contribution is 2.38. The molecule has 31 heavy (non-hydrogen) atoms. The highest BCUT2D eigenvalue weighted by Gasteiger charge is 2.36. The van der Waals surface area contributed by atoms with Crippen LogP contribution in [0.25, 0.3) is 22.3 Å². The predicted octanol–water partition coefficient (Wildman–Crippen LogP) is 4.14. The van der Waals surface area contributed by atoms with Crippen LogP contribution < -0.4 is 5.73 Å². The molecular weight excluding hydrogens is 428 g/mol. The van der Waals surface area contributed by atoms with E-state index in [0.29, 0.717) is 12.1 Å². The zero-order chi connectivity index (χ0) is 22.8. The number of nitrogen functional groups attached to an aromatic ring is 1. The van der Waals surface area contributed by atoms with E-state index >= 15 is 0 Å². The molecule has 1 aliphatic heterocycles. The summed E-state index contributed by atoms with van der Waals surface area (Å²) in [5, 5.41) is 15.7. The Labute approximate surface area is 172 Å². The summed E-state index contributed by atoms with van der Waals surface area (Å²) in [5.41, 5.74) is 1.59. The van der Waals surface area contributed by atoms with Crippen molar-refractivity contribution in [2.45, 2.75) is 31.6 Å². The number of nitrogens with two attached hydrogens (primary N) is 1. The molecule has 3 heterocycles. The maximum absolute atomic E-state index is 12.9. The first-order valence-electron chi connectivity index (χ1n) is 9.28. The molecule has 1 aromatic carbocycles. The number of halogens is 6. The smallest absolute Gasteiger partial charge is 0.382 e. The van der Waals surface area contributed by atoms with Crippen molar-refractivity contribution in [1.29, 1.82) is 0 Å². The number of hydrogen-bond acceptors (Lipinski definition) is 6. The topological polar surface area (TPSA) is 96.6 Å². The van der Waals surface area contributed by atoms with Crippen molar-refractivity contribution >= 4 is 16.9 Å². The standard InChI is InChI=1S/C12H6F6N6.C6H13N/c13-11(14,15)5-2-1-4(8-9(5)22-24-21-8)7-3-6(12(16,17)18)10(19)23-20-7;1-7-5-3-2-4-6-7/h1-3H,(H2,19,23)(H,21,22,24);2-6H2,1H3. The van der Waals surface area contributed by atoms with E-state index in [2.05, 4.69) is 32.3 Å². The number of nitrogens with zero attached hydrogens (tertiary/aromatic N) is 5. The molecule has 3 aromatic rings. The Bertz CT molecular complexity index is 1040. The van der Waals surface area contributed by atoms with Crippen molar-refractivity contribution in [3.05, 3.63) is 29.3 Å². The van der Waals surface area contributed by atoms with Crippen LogP contribution in [-0.2, 0) is 12.4 Å². The van der Waals surface area contributed by atoms with Gasteiger partial charge in [0.1, 0.15) is 16.6 Å². The number of anilines is 1. The Morgan fingerprint density at radius 3 is 2.03 bits per heavy atom. The number of H-pyrrole nitrogens is 1. The maximum Gasteiger partial charge on any atom is 0.420 e. The van der Waals surface area contributed by atoms with Crippen LogP contribution in [0.15, 0.2) is 18.2 Å². The minimum absolute atomic E-state index is 0.0928. The van der Waals surface area contributed by atoms with Gasteiger partial charge in [0.15, 0.2) is 5.82 Å². The summed E-state index contributed by atoms with van der Waals surface area (Å²) in [6.07, 6.45) is -5.21. The molecule has 1 aliphatic rings. The predicted molar refractivity (Wildman–Crippen MR) is 101 cm³/mol. The largest absolute Gasteiger partial charge is 0.420 e. The van der Waals surface area contributed by atoms with Gasteiger partial charge in [-0.15, -0.1) is 10.2 Å². The van der Waals surface area contributed by atoms with Gasteiger partial charge in [-0.3, -0.25) is 0 Å². The second-order valence-electron chi connectivity index (χ2n) is 7.07. The summed E-state index contributed by atoms with van der Waals surface area (Å²) < 4.78 is 77.4. The number of benzene rings is 1. The van der Waals surface area contributed by atoms with Gasteiger partial charge in [-0.2, -0.15) is 41.8 Å². The molecule has 1 saturated heterocycles. The molecular formula is C18H19F6N7. The molecule has 2 aromatic heterocycles. The number of hydrogen-bond donors (Lipinski definition) is 2. The lowest BCUT2D eigenvalue weighted by atomic mass is 10.0. The van der Waals surface area contributed by atoms with Crippen molar-refractivity contribution in [1.82, 2.24) is 30.5 Å². The highest BCUT2D eigenvalue weighted by molar-refractivity contribution is 5.92. The first-order chi connectivity index (χ1) is 14.5. The van der Waals surface area contributed by atoms with Crippen molar-refractivity contribution in [2.75, 3.05) is 25.9 Å². The lowest BCUT2D eigenvalue weighted by molar-refractivity contribution is -0.137. The molecule has 0 radical (unpaired) electrons. The Balaban J connectivity index is 0.000000330. The van der Waals surface area contributed by atoms with Gasteiger partial charge in [0.25, 0.3) is 0 Å². The van der Waals surface area contributed by atoms with Crippen LogP contribution in [0, 0.1) is 0 Å². The van der Waals surface area contributed by atoms with E-state index in [1.807, 2.05) is 5.21 Å². The van der Waals surface area contributed by atoms with Crippen LogP contribution in [0.4, 0.5) is 32.2 Å². The summed E-state index contributed by atoms with van der Waals surface area (Å²) in [6, 6.07) is 2.23.